The van der Waals surface area contributed by atoms with Crippen molar-refractivity contribution in [2.45, 2.75) is 19.4 Å². The summed E-state index contributed by atoms with van der Waals surface area (Å²) in [4.78, 5) is 27.3. The molecule has 0 radical (unpaired) electrons. The molecule has 1 atom stereocenters. The number of halogens is 1. The molecule has 1 N–H and O–H groups in total. The first-order chi connectivity index (χ1) is 14.9. The van der Waals surface area contributed by atoms with Crippen molar-refractivity contribution in [3.8, 4) is 17.2 Å². The fourth-order valence-electron chi connectivity index (χ4n) is 3.77. The zero-order valence-electron chi connectivity index (χ0n) is 17.8. The van der Waals surface area contributed by atoms with E-state index in [-0.39, 0.29) is 16.4 Å². The largest absolute Gasteiger partial charge is 0.507 e. The number of ether oxygens (including phenoxy) is 3. The molecule has 1 saturated heterocycles. The Labute approximate surface area is 185 Å². The molecule has 7 nitrogen and oxygen atoms in total. The molecule has 1 amide bonds. The number of ketones is 1. The van der Waals surface area contributed by atoms with Gasteiger partial charge in [0.25, 0.3) is 11.7 Å². The molecule has 8 heteroatoms. The predicted molar refractivity (Wildman–Crippen MR) is 117 cm³/mol. The molecule has 1 aliphatic rings. The Kier molecular flexibility index (Phi) is 6.75. The van der Waals surface area contributed by atoms with Crippen molar-refractivity contribution in [3.05, 3.63) is 58.1 Å². The Morgan fingerprint density at radius 3 is 2.35 bits per heavy atom. The molecular weight excluding hydrogens is 422 g/mol. The smallest absolute Gasteiger partial charge is 0.295 e. The first-order valence-electron chi connectivity index (χ1n) is 9.72. The number of likely N-dealkylation sites (tertiary alicyclic amines) is 1. The molecule has 0 spiro atoms. The van der Waals surface area contributed by atoms with Crippen LogP contribution >= 0.6 is 11.6 Å². The number of methoxy groups -OCH3 is 3. The molecule has 1 heterocycles. The Bertz CT molecular complexity index is 1050. The molecule has 3 rings (SSSR count). The average molecular weight is 446 g/mol. The van der Waals surface area contributed by atoms with Crippen LogP contribution in [0.25, 0.3) is 5.76 Å². The molecule has 0 saturated carbocycles. The second-order valence-electron chi connectivity index (χ2n) is 6.92. The number of amides is 1. The summed E-state index contributed by atoms with van der Waals surface area (Å²) in [5, 5.41) is 11.4. The number of aliphatic hydroxyl groups excluding tert-OH is 1. The van der Waals surface area contributed by atoms with Crippen LogP contribution in [0.15, 0.2) is 42.0 Å². The number of nitrogens with zero attached hydrogens (tertiary/aromatic N) is 1. The van der Waals surface area contributed by atoms with Crippen LogP contribution in [0.2, 0.25) is 5.02 Å². The maximum Gasteiger partial charge on any atom is 0.295 e. The van der Waals surface area contributed by atoms with Crippen molar-refractivity contribution in [2.24, 2.45) is 0 Å². The van der Waals surface area contributed by atoms with Crippen LogP contribution in [-0.2, 0) is 9.59 Å². The summed E-state index contributed by atoms with van der Waals surface area (Å²) in [7, 11) is 4.46. The third-order valence-corrected chi connectivity index (χ3v) is 5.45. The van der Waals surface area contributed by atoms with E-state index in [1.54, 1.807) is 30.3 Å². The summed E-state index contributed by atoms with van der Waals surface area (Å²) in [5.74, 6) is -0.510. The van der Waals surface area contributed by atoms with E-state index in [4.69, 9.17) is 25.8 Å². The molecule has 0 bridgehead atoms. The number of rotatable bonds is 7. The Hall–Kier alpha value is -3.19. The van der Waals surface area contributed by atoms with Gasteiger partial charge in [-0.05, 0) is 30.7 Å². The molecule has 31 heavy (non-hydrogen) atoms. The summed E-state index contributed by atoms with van der Waals surface area (Å²) in [6.45, 7) is 2.23. The number of hydrogen-bond acceptors (Lipinski definition) is 6. The number of carbonyl (C=O) groups is 2. The van der Waals surface area contributed by atoms with E-state index in [2.05, 4.69) is 0 Å². The third-order valence-electron chi connectivity index (χ3n) is 5.16. The van der Waals surface area contributed by atoms with Crippen LogP contribution in [0.1, 0.15) is 30.5 Å². The number of hydrogen-bond donors (Lipinski definition) is 1. The highest BCUT2D eigenvalue weighted by atomic mass is 35.5. The van der Waals surface area contributed by atoms with Crippen LogP contribution in [0.5, 0.6) is 17.2 Å². The summed E-state index contributed by atoms with van der Waals surface area (Å²) >= 11 is 6.21. The average Bonchev–Trinajstić information content (AvgIpc) is 3.02. The van der Waals surface area contributed by atoms with E-state index in [9.17, 15) is 14.7 Å². The maximum atomic E-state index is 13.0. The molecule has 1 aliphatic heterocycles. The number of aliphatic hydroxyl groups is 1. The Morgan fingerprint density at radius 1 is 1.06 bits per heavy atom. The Morgan fingerprint density at radius 2 is 1.77 bits per heavy atom. The van der Waals surface area contributed by atoms with E-state index in [0.29, 0.717) is 41.3 Å². The lowest BCUT2D eigenvalue weighted by Crippen LogP contribution is -2.30. The predicted octanol–water partition coefficient (Wildman–Crippen LogP) is 4.20. The van der Waals surface area contributed by atoms with Gasteiger partial charge in [-0.1, -0.05) is 30.7 Å². The van der Waals surface area contributed by atoms with Gasteiger partial charge in [0.15, 0.2) is 11.5 Å². The van der Waals surface area contributed by atoms with E-state index in [0.717, 1.165) is 0 Å². The van der Waals surface area contributed by atoms with Crippen molar-refractivity contribution in [3.63, 3.8) is 0 Å². The van der Waals surface area contributed by atoms with Crippen LogP contribution in [0.4, 0.5) is 0 Å². The van der Waals surface area contributed by atoms with Gasteiger partial charge in [-0.2, -0.15) is 0 Å². The van der Waals surface area contributed by atoms with Crippen molar-refractivity contribution in [1.29, 1.82) is 0 Å². The van der Waals surface area contributed by atoms with E-state index in [1.807, 2.05) is 6.92 Å². The topological polar surface area (TPSA) is 85.3 Å². The van der Waals surface area contributed by atoms with E-state index in [1.165, 1.54) is 32.3 Å². The minimum absolute atomic E-state index is 0.0359. The zero-order valence-corrected chi connectivity index (χ0v) is 18.5. The minimum Gasteiger partial charge on any atom is -0.507 e. The first-order valence-corrected chi connectivity index (χ1v) is 10.1. The summed E-state index contributed by atoms with van der Waals surface area (Å²) in [5.41, 5.74) is 0.800. The van der Waals surface area contributed by atoms with Crippen molar-refractivity contribution in [1.82, 2.24) is 4.90 Å². The van der Waals surface area contributed by atoms with Gasteiger partial charge in [0.05, 0.1) is 38.0 Å². The standard InChI is InChI=1S/C23H24ClNO6/c1-5-11-25-19(14-7-6-8-17(30-3)22(14)31-4)18(21(27)23(25)28)20(26)13-9-10-16(29-2)15(24)12-13/h6-10,12,19,26H,5,11H2,1-4H3/b20-18+. The molecule has 2 aromatic carbocycles. The molecule has 0 aromatic heterocycles. The van der Waals surface area contributed by atoms with Gasteiger partial charge in [0, 0.05) is 17.7 Å². The lowest BCUT2D eigenvalue weighted by atomic mass is 9.94. The number of Topliss-reactive ketones (excluding diaryl/α,β-unsaturated/α-hetero) is 1. The minimum atomic E-state index is -0.842. The van der Waals surface area contributed by atoms with Gasteiger partial charge in [-0.25, -0.2) is 0 Å². The fraction of sp³-hybridized carbons (Fsp3) is 0.304. The number of carbonyl (C=O) groups excluding carboxylic acids is 2. The van der Waals surface area contributed by atoms with Crippen LogP contribution in [0, 0.1) is 0 Å². The zero-order chi connectivity index (χ0) is 22.7. The van der Waals surface area contributed by atoms with Gasteiger partial charge in [0.1, 0.15) is 11.5 Å². The summed E-state index contributed by atoms with van der Waals surface area (Å²) < 4.78 is 16.1. The van der Waals surface area contributed by atoms with Crippen LogP contribution in [-0.4, -0.2) is 49.6 Å². The SMILES string of the molecule is CCCN1C(=O)C(=O)/C(=C(/O)c2ccc(OC)c(Cl)c2)C1c1cccc(OC)c1OC. The monoisotopic (exact) mass is 445 g/mol. The highest BCUT2D eigenvalue weighted by Gasteiger charge is 2.47. The molecule has 1 fully saturated rings. The van der Waals surface area contributed by atoms with Crippen LogP contribution in [0.3, 0.4) is 0 Å². The second-order valence-corrected chi connectivity index (χ2v) is 7.33. The third kappa shape index (κ3) is 3.93. The van der Waals surface area contributed by atoms with Crippen molar-refractivity contribution < 1.29 is 28.9 Å². The number of para-hydroxylation sites is 1. The van der Waals surface area contributed by atoms with Crippen molar-refractivity contribution in [2.75, 3.05) is 27.9 Å². The number of benzene rings is 2. The molecule has 2 aromatic rings. The first kappa shape index (κ1) is 22.5. The van der Waals surface area contributed by atoms with Gasteiger partial charge < -0.3 is 24.2 Å². The molecular formula is C23H24ClNO6. The normalized spacial score (nSPS) is 17.7. The molecule has 0 aliphatic carbocycles. The highest BCUT2D eigenvalue weighted by Crippen LogP contribution is 2.45. The molecule has 1 unspecified atom stereocenters. The lowest BCUT2D eigenvalue weighted by molar-refractivity contribution is -0.139. The van der Waals surface area contributed by atoms with E-state index >= 15 is 0 Å². The Balaban J connectivity index is 2.27. The second kappa shape index (κ2) is 9.31. The summed E-state index contributed by atoms with van der Waals surface area (Å²) in [6.07, 6.45) is 0.629. The highest BCUT2D eigenvalue weighted by molar-refractivity contribution is 6.46. The summed E-state index contributed by atoms with van der Waals surface area (Å²) in [6, 6.07) is 9.02. The van der Waals surface area contributed by atoms with E-state index < -0.39 is 17.7 Å². The quantitative estimate of drug-likeness (QED) is 0.390. The van der Waals surface area contributed by atoms with Gasteiger partial charge in [-0.15, -0.1) is 0 Å². The van der Waals surface area contributed by atoms with Gasteiger partial charge >= 0.3 is 0 Å². The van der Waals surface area contributed by atoms with Gasteiger partial charge in [-0.3, -0.25) is 9.59 Å². The molecule has 164 valence electrons. The van der Waals surface area contributed by atoms with Crippen LogP contribution < -0.4 is 14.2 Å². The van der Waals surface area contributed by atoms with Crippen molar-refractivity contribution >= 4 is 29.1 Å². The fourth-order valence-corrected chi connectivity index (χ4v) is 4.03. The maximum absolute atomic E-state index is 13.0. The van der Waals surface area contributed by atoms with Gasteiger partial charge in [0.2, 0.25) is 0 Å². The lowest BCUT2D eigenvalue weighted by Gasteiger charge is -2.26.